The number of carbonyl (C=O) groups is 2. The Hall–Kier alpha value is -2.81. The highest BCUT2D eigenvalue weighted by Gasteiger charge is 2.33. The molecule has 0 radical (unpaired) electrons. The number of aromatic nitrogens is 2. The molecule has 9 heteroatoms. The van der Waals surface area contributed by atoms with Crippen molar-refractivity contribution in [1.82, 2.24) is 20.2 Å². The molecular formula is C30H43F2N5O2. The third-order valence-electron chi connectivity index (χ3n) is 8.55. The Labute approximate surface area is 230 Å². The van der Waals surface area contributed by atoms with Crippen molar-refractivity contribution in [2.75, 3.05) is 5.32 Å². The Morgan fingerprint density at radius 3 is 2.62 bits per heavy atom. The molecule has 1 aromatic heterocycles. The minimum Gasteiger partial charge on any atom is -0.351 e. The lowest BCUT2D eigenvalue weighted by Crippen LogP contribution is -2.49. The average molecular weight is 544 g/mol. The van der Waals surface area contributed by atoms with Crippen molar-refractivity contribution in [3.8, 4) is 0 Å². The highest BCUT2D eigenvalue weighted by atomic mass is 19.1. The number of fused-ring (bicyclic) bond motifs is 1. The first-order chi connectivity index (χ1) is 18.6. The molecule has 4 rings (SSSR count). The van der Waals surface area contributed by atoms with Crippen LogP contribution in [0.5, 0.6) is 0 Å². The monoisotopic (exact) mass is 543 g/mol. The normalized spacial score (nSPS) is 19.7. The summed E-state index contributed by atoms with van der Waals surface area (Å²) < 4.78 is 29.7. The Balaban J connectivity index is 1.36. The molecule has 1 saturated carbocycles. The van der Waals surface area contributed by atoms with E-state index in [2.05, 4.69) is 27.9 Å². The molecule has 2 aromatic rings. The van der Waals surface area contributed by atoms with Gasteiger partial charge in [-0.15, -0.1) is 0 Å². The second-order valence-corrected chi connectivity index (χ2v) is 11.8. The molecule has 2 amide bonds. The van der Waals surface area contributed by atoms with Gasteiger partial charge < -0.3 is 20.5 Å². The van der Waals surface area contributed by atoms with Gasteiger partial charge in [0.2, 0.25) is 11.8 Å². The van der Waals surface area contributed by atoms with E-state index in [1.165, 1.54) is 25.3 Å². The van der Waals surface area contributed by atoms with Gasteiger partial charge in [-0.3, -0.25) is 9.59 Å². The van der Waals surface area contributed by atoms with Gasteiger partial charge in [0.15, 0.2) is 5.82 Å². The van der Waals surface area contributed by atoms with Crippen LogP contribution in [0.1, 0.15) is 90.2 Å². The zero-order valence-corrected chi connectivity index (χ0v) is 23.7. The molecule has 1 heterocycles. The number of halogens is 2. The molecule has 3 N–H and O–H groups in total. The quantitative estimate of drug-likeness (QED) is 0.383. The zero-order valence-electron chi connectivity index (χ0n) is 23.7. The van der Waals surface area contributed by atoms with Crippen LogP contribution in [0.15, 0.2) is 24.7 Å². The van der Waals surface area contributed by atoms with Crippen LogP contribution in [0, 0.1) is 17.6 Å². The fourth-order valence-electron chi connectivity index (χ4n) is 5.95. The third kappa shape index (κ3) is 7.04. The first-order valence-electron chi connectivity index (χ1n) is 14.5. The molecule has 0 saturated heterocycles. The van der Waals surface area contributed by atoms with Crippen LogP contribution in [0.4, 0.5) is 14.6 Å². The fourth-order valence-corrected chi connectivity index (χ4v) is 5.95. The first kappa shape index (κ1) is 29.2. The van der Waals surface area contributed by atoms with Gasteiger partial charge in [-0.1, -0.05) is 32.6 Å². The number of nitrogens with zero attached hydrogens (tertiary/aromatic N) is 2. The van der Waals surface area contributed by atoms with Gasteiger partial charge in [-0.2, -0.15) is 0 Å². The first-order valence-corrected chi connectivity index (χ1v) is 14.5. The van der Waals surface area contributed by atoms with Gasteiger partial charge in [-0.05, 0) is 82.4 Å². The van der Waals surface area contributed by atoms with Gasteiger partial charge in [0.05, 0.1) is 12.4 Å². The number of amides is 2. The number of rotatable bonds is 10. The maximum atomic E-state index is 14.4. The SMILES string of the molecule is CCC[C@H](N[C@H]1CCc2cc(F)cc(F)c2C1)C(=O)Nc1cn(C(C)(C)C(=O)N[C@H](C)C2CCCCC2)cn1. The van der Waals surface area contributed by atoms with Gasteiger partial charge in [-0.25, -0.2) is 13.8 Å². The van der Waals surface area contributed by atoms with Crippen LogP contribution in [0.2, 0.25) is 0 Å². The van der Waals surface area contributed by atoms with Crippen LogP contribution in [0.25, 0.3) is 0 Å². The molecule has 7 nitrogen and oxygen atoms in total. The molecule has 1 aromatic carbocycles. The smallest absolute Gasteiger partial charge is 0.245 e. The van der Waals surface area contributed by atoms with Gasteiger partial charge >= 0.3 is 0 Å². The largest absolute Gasteiger partial charge is 0.351 e. The van der Waals surface area contributed by atoms with Gasteiger partial charge in [0.1, 0.15) is 17.2 Å². The van der Waals surface area contributed by atoms with Crippen molar-refractivity contribution < 1.29 is 18.4 Å². The summed E-state index contributed by atoms with van der Waals surface area (Å²) >= 11 is 0. The van der Waals surface area contributed by atoms with E-state index in [4.69, 9.17) is 0 Å². The van der Waals surface area contributed by atoms with E-state index in [1.807, 2.05) is 20.8 Å². The standard InChI is InChI=1S/C30H43F2N5O2/c1-5-9-26(35-23-13-12-21-14-22(31)15-25(32)24(21)16-23)28(38)36-27-17-37(18-33-27)30(3,4)29(39)34-19(2)20-10-7-6-8-11-20/h14-15,17-20,23,26,35H,5-13,16H2,1-4H3,(H,34,39)(H,36,38)/t19-,23+,26+/m1/s1. The molecule has 0 bridgehead atoms. The lowest BCUT2D eigenvalue weighted by molar-refractivity contribution is -0.129. The zero-order chi connectivity index (χ0) is 28.2. The van der Waals surface area contributed by atoms with Crippen molar-refractivity contribution in [3.63, 3.8) is 0 Å². The second kappa shape index (κ2) is 12.6. The average Bonchev–Trinajstić information content (AvgIpc) is 3.38. The lowest BCUT2D eigenvalue weighted by Gasteiger charge is -2.32. The molecule has 2 aliphatic rings. The van der Waals surface area contributed by atoms with Crippen molar-refractivity contribution in [2.45, 2.75) is 116 Å². The molecule has 214 valence electrons. The number of anilines is 1. The Bertz CT molecular complexity index is 1160. The van der Waals surface area contributed by atoms with Crippen molar-refractivity contribution in [3.05, 3.63) is 47.4 Å². The molecule has 0 aliphatic heterocycles. The summed E-state index contributed by atoms with van der Waals surface area (Å²) in [5.41, 5.74) is 0.346. The second-order valence-electron chi connectivity index (χ2n) is 11.8. The van der Waals surface area contributed by atoms with E-state index in [-0.39, 0.29) is 23.9 Å². The summed E-state index contributed by atoms with van der Waals surface area (Å²) in [5, 5.41) is 9.49. The number of benzene rings is 1. The summed E-state index contributed by atoms with van der Waals surface area (Å²) in [6.07, 6.45) is 12.3. The number of aryl methyl sites for hydroxylation is 1. The molecular weight excluding hydrogens is 500 g/mol. The summed E-state index contributed by atoms with van der Waals surface area (Å²) in [5.74, 6) is -0.501. The van der Waals surface area contributed by atoms with Crippen molar-refractivity contribution >= 4 is 17.6 Å². The third-order valence-corrected chi connectivity index (χ3v) is 8.55. The van der Waals surface area contributed by atoms with Crippen molar-refractivity contribution in [2.24, 2.45) is 5.92 Å². The lowest BCUT2D eigenvalue weighted by atomic mass is 9.84. The van der Waals surface area contributed by atoms with E-state index in [9.17, 15) is 18.4 Å². The van der Waals surface area contributed by atoms with Crippen LogP contribution < -0.4 is 16.0 Å². The number of hydrogen-bond donors (Lipinski definition) is 3. The van der Waals surface area contributed by atoms with E-state index < -0.39 is 23.2 Å². The predicted molar refractivity (Wildman–Crippen MR) is 148 cm³/mol. The van der Waals surface area contributed by atoms with Crippen molar-refractivity contribution in [1.29, 1.82) is 0 Å². The Morgan fingerprint density at radius 1 is 1.15 bits per heavy atom. The highest BCUT2D eigenvalue weighted by molar-refractivity contribution is 5.94. The van der Waals surface area contributed by atoms with E-state index in [0.29, 0.717) is 48.5 Å². The van der Waals surface area contributed by atoms with Crippen LogP contribution in [-0.4, -0.2) is 39.5 Å². The minimum atomic E-state index is -0.876. The van der Waals surface area contributed by atoms with Gasteiger partial charge in [0.25, 0.3) is 0 Å². The van der Waals surface area contributed by atoms with E-state index >= 15 is 0 Å². The molecule has 1 fully saturated rings. The number of carbonyl (C=O) groups excluding carboxylic acids is 2. The summed E-state index contributed by atoms with van der Waals surface area (Å²) in [6.45, 7) is 7.78. The van der Waals surface area contributed by atoms with E-state index in [1.54, 1.807) is 17.1 Å². The van der Waals surface area contributed by atoms with Crippen LogP contribution in [0.3, 0.4) is 0 Å². The molecule has 0 unspecified atom stereocenters. The summed E-state index contributed by atoms with van der Waals surface area (Å²) in [4.78, 5) is 30.8. The number of imidazole rings is 1. The van der Waals surface area contributed by atoms with E-state index in [0.717, 1.165) is 25.3 Å². The molecule has 0 spiro atoms. The summed E-state index contributed by atoms with van der Waals surface area (Å²) in [6, 6.07) is 1.86. The molecule has 39 heavy (non-hydrogen) atoms. The Kier molecular flexibility index (Phi) is 9.41. The maximum absolute atomic E-state index is 14.4. The summed E-state index contributed by atoms with van der Waals surface area (Å²) in [7, 11) is 0. The number of nitrogens with one attached hydrogen (secondary N) is 3. The maximum Gasteiger partial charge on any atom is 0.245 e. The molecule has 3 atom stereocenters. The minimum absolute atomic E-state index is 0.0777. The van der Waals surface area contributed by atoms with Gasteiger partial charge in [0, 0.05) is 24.3 Å². The highest BCUT2D eigenvalue weighted by Crippen LogP contribution is 2.28. The van der Waals surface area contributed by atoms with Crippen LogP contribution >= 0.6 is 0 Å². The van der Waals surface area contributed by atoms with Crippen LogP contribution in [-0.2, 0) is 28.0 Å². The Morgan fingerprint density at radius 2 is 1.90 bits per heavy atom. The topological polar surface area (TPSA) is 88.0 Å². The number of hydrogen-bond acceptors (Lipinski definition) is 4. The molecule has 2 aliphatic carbocycles. The fraction of sp³-hybridized carbons (Fsp3) is 0.633. The predicted octanol–water partition coefficient (Wildman–Crippen LogP) is 5.24.